The normalized spacial score (nSPS) is 17.8. The molecule has 0 bridgehead atoms. The van der Waals surface area contributed by atoms with Crippen LogP contribution < -0.4 is 10.2 Å². The van der Waals surface area contributed by atoms with Crippen molar-refractivity contribution in [3.05, 3.63) is 107 Å². The molecule has 2 atom stereocenters. The van der Waals surface area contributed by atoms with Crippen LogP contribution in [0.3, 0.4) is 0 Å². The molecular weight excluding hydrogens is 450 g/mol. The van der Waals surface area contributed by atoms with E-state index in [1.807, 2.05) is 30.6 Å². The van der Waals surface area contributed by atoms with E-state index in [4.69, 9.17) is 22.2 Å². The van der Waals surface area contributed by atoms with E-state index in [1.54, 1.807) is 0 Å². The zero-order chi connectivity index (χ0) is 24.7. The first kappa shape index (κ1) is 23.2. The molecular formula is C29H31N5S. The number of aryl methyl sites for hydroxylation is 2. The van der Waals surface area contributed by atoms with Crippen molar-refractivity contribution in [3.8, 4) is 5.82 Å². The zero-order valence-electron chi connectivity index (χ0n) is 20.9. The Bertz CT molecular complexity index is 1360. The van der Waals surface area contributed by atoms with Crippen molar-refractivity contribution in [1.82, 2.24) is 19.9 Å². The second-order valence-electron chi connectivity index (χ2n) is 9.55. The van der Waals surface area contributed by atoms with Crippen LogP contribution in [0.1, 0.15) is 65.6 Å². The number of anilines is 1. The van der Waals surface area contributed by atoms with Gasteiger partial charge in [0.15, 0.2) is 5.11 Å². The lowest BCUT2D eigenvalue weighted by Crippen LogP contribution is -2.29. The van der Waals surface area contributed by atoms with Crippen LogP contribution >= 0.6 is 12.2 Å². The summed E-state index contributed by atoms with van der Waals surface area (Å²) in [4.78, 5) is 11.6. The van der Waals surface area contributed by atoms with Gasteiger partial charge >= 0.3 is 0 Å². The minimum absolute atomic E-state index is 0.0498. The van der Waals surface area contributed by atoms with Gasteiger partial charge in [-0.1, -0.05) is 38.1 Å². The third-order valence-electron chi connectivity index (χ3n) is 6.92. The van der Waals surface area contributed by atoms with Gasteiger partial charge in [-0.15, -0.1) is 0 Å². The molecule has 5 rings (SSSR count). The van der Waals surface area contributed by atoms with E-state index in [0.29, 0.717) is 11.0 Å². The second-order valence-corrected chi connectivity index (χ2v) is 9.94. The maximum absolute atomic E-state index is 5.93. The van der Waals surface area contributed by atoms with E-state index >= 15 is 0 Å². The molecule has 4 aromatic rings. The fourth-order valence-electron chi connectivity index (χ4n) is 5.09. The van der Waals surface area contributed by atoms with Crippen molar-refractivity contribution in [3.63, 3.8) is 0 Å². The first-order chi connectivity index (χ1) is 16.9. The van der Waals surface area contributed by atoms with Crippen LogP contribution in [0.15, 0.2) is 73.1 Å². The fourth-order valence-corrected chi connectivity index (χ4v) is 5.44. The summed E-state index contributed by atoms with van der Waals surface area (Å²) in [6.07, 6.45) is 3.70. The van der Waals surface area contributed by atoms with E-state index in [-0.39, 0.29) is 12.1 Å². The molecule has 178 valence electrons. The third-order valence-corrected chi connectivity index (χ3v) is 7.23. The Kier molecular flexibility index (Phi) is 6.15. The number of hydrogen-bond acceptors (Lipinski definition) is 3. The Morgan fingerprint density at radius 3 is 2.31 bits per heavy atom. The zero-order valence-corrected chi connectivity index (χ0v) is 21.7. The van der Waals surface area contributed by atoms with Crippen LogP contribution in [0.25, 0.3) is 5.82 Å². The average Bonchev–Trinajstić information content (AvgIpc) is 3.35. The minimum atomic E-state index is -0.0766. The number of rotatable bonds is 5. The largest absolute Gasteiger partial charge is 0.351 e. The van der Waals surface area contributed by atoms with Gasteiger partial charge in [0.1, 0.15) is 5.82 Å². The molecule has 35 heavy (non-hydrogen) atoms. The molecule has 5 nitrogen and oxygen atoms in total. The highest BCUT2D eigenvalue weighted by molar-refractivity contribution is 7.80. The lowest BCUT2D eigenvalue weighted by molar-refractivity contribution is 0.565. The Hall–Kier alpha value is -3.51. The summed E-state index contributed by atoms with van der Waals surface area (Å²) < 4.78 is 2.25. The van der Waals surface area contributed by atoms with Crippen LogP contribution in [0.5, 0.6) is 0 Å². The SMILES string of the molecule is Cc1cccnc1-n1c(C)cc([C@H]2[C@H](c3ccccn3)NC(=S)N2c2ccc(C(C)C)cc2)c1C. The predicted octanol–water partition coefficient (Wildman–Crippen LogP) is 6.49. The lowest BCUT2D eigenvalue weighted by atomic mass is 9.96. The summed E-state index contributed by atoms with van der Waals surface area (Å²) in [5, 5.41) is 4.29. The van der Waals surface area contributed by atoms with Crippen molar-refractivity contribution >= 4 is 23.0 Å². The number of benzene rings is 1. The average molecular weight is 482 g/mol. The summed E-state index contributed by atoms with van der Waals surface area (Å²) in [6.45, 7) is 10.8. The topological polar surface area (TPSA) is 46.0 Å². The molecule has 0 spiro atoms. The molecule has 1 fully saturated rings. The van der Waals surface area contributed by atoms with Crippen molar-refractivity contribution in [1.29, 1.82) is 0 Å². The van der Waals surface area contributed by atoms with Gasteiger partial charge in [-0.3, -0.25) is 4.98 Å². The molecule has 0 saturated carbocycles. The Morgan fingerprint density at radius 1 is 0.914 bits per heavy atom. The van der Waals surface area contributed by atoms with Crippen molar-refractivity contribution in [2.75, 3.05) is 4.90 Å². The maximum atomic E-state index is 5.93. The van der Waals surface area contributed by atoms with Crippen LogP contribution in [-0.4, -0.2) is 19.6 Å². The first-order valence-electron chi connectivity index (χ1n) is 12.1. The van der Waals surface area contributed by atoms with Crippen LogP contribution in [0.4, 0.5) is 5.69 Å². The van der Waals surface area contributed by atoms with E-state index in [2.05, 4.69) is 91.9 Å². The molecule has 1 aliphatic heterocycles. The Morgan fingerprint density at radius 2 is 1.66 bits per heavy atom. The molecule has 1 aliphatic rings. The maximum Gasteiger partial charge on any atom is 0.174 e. The molecule has 0 unspecified atom stereocenters. The number of aromatic nitrogens is 3. The minimum Gasteiger partial charge on any atom is -0.351 e. The number of hydrogen-bond donors (Lipinski definition) is 1. The number of nitrogens with one attached hydrogen (secondary N) is 1. The van der Waals surface area contributed by atoms with Gasteiger partial charge in [-0.25, -0.2) is 4.98 Å². The summed E-state index contributed by atoms with van der Waals surface area (Å²) in [6, 6.07) is 21.0. The molecule has 1 N–H and O–H groups in total. The van der Waals surface area contributed by atoms with Crippen molar-refractivity contribution < 1.29 is 0 Å². The molecule has 6 heteroatoms. The standard InChI is InChI=1S/C29H31N5S/c1-18(2)22-11-13-23(14-12-22)34-27(26(32-29(34)35)25-10-6-7-15-30-25)24-17-20(4)33(21(24)5)28-19(3)9-8-16-31-28/h6-18,26-27H,1-5H3,(H,32,35)/t26-,27-/m0/s1. The van der Waals surface area contributed by atoms with Gasteiger partial charge in [-0.05, 0) is 92.0 Å². The molecule has 3 aromatic heterocycles. The van der Waals surface area contributed by atoms with Gasteiger partial charge in [0.2, 0.25) is 0 Å². The predicted molar refractivity (Wildman–Crippen MR) is 146 cm³/mol. The second kappa shape index (κ2) is 9.27. The van der Waals surface area contributed by atoms with Gasteiger partial charge < -0.3 is 14.8 Å². The van der Waals surface area contributed by atoms with Gasteiger partial charge in [0.05, 0.1) is 17.8 Å². The molecule has 4 heterocycles. The van der Waals surface area contributed by atoms with Gasteiger partial charge in [0.25, 0.3) is 0 Å². The summed E-state index contributed by atoms with van der Waals surface area (Å²) in [7, 11) is 0. The molecule has 0 radical (unpaired) electrons. The molecule has 0 aliphatic carbocycles. The Balaban J connectivity index is 1.67. The van der Waals surface area contributed by atoms with Crippen LogP contribution in [0.2, 0.25) is 0 Å². The van der Waals surface area contributed by atoms with Gasteiger partial charge in [0, 0.05) is 29.5 Å². The van der Waals surface area contributed by atoms with Crippen molar-refractivity contribution in [2.24, 2.45) is 0 Å². The highest BCUT2D eigenvalue weighted by Crippen LogP contribution is 2.44. The molecule has 1 aromatic carbocycles. The third kappa shape index (κ3) is 4.12. The Labute approximate surface area is 212 Å². The number of pyridine rings is 2. The molecule has 1 saturated heterocycles. The quantitative estimate of drug-likeness (QED) is 0.330. The highest BCUT2D eigenvalue weighted by atomic mass is 32.1. The van der Waals surface area contributed by atoms with E-state index < -0.39 is 0 Å². The van der Waals surface area contributed by atoms with Crippen LogP contribution in [-0.2, 0) is 0 Å². The van der Waals surface area contributed by atoms with Gasteiger partial charge in [-0.2, -0.15) is 0 Å². The fraction of sp³-hybridized carbons (Fsp3) is 0.276. The number of thiocarbonyl (C=S) groups is 1. The number of nitrogens with zero attached hydrogens (tertiary/aromatic N) is 4. The summed E-state index contributed by atoms with van der Waals surface area (Å²) in [5.41, 5.74) is 8.02. The van der Waals surface area contributed by atoms with Crippen LogP contribution in [0, 0.1) is 20.8 Å². The van der Waals surface area contributed by atoms with Crippen molar-refractivity contribution in [2.45, 2.75) is 52.6 Å². The van der Waals surface area contributed by atoms with E-state index in [0.717, 1.165) is 34.2 Å². The lowest BCUT2D eigenvalue weighted by Gasteiger charge is -2.28. The first-order valence-corrected chi connectivity index (χ1v) is 12.5. The highest BCUT2D eigenvalue weighted by Gasteiger charge is 2.42. The van der Waals surface area contributed by atoms with E-state index in [9.17, 15) is 0 Å². The monoisotopic (exact) mass is 481 g/mol. The molecule has 0 amide bonds. The summed E-state index contributed by atoms with van der Waals surface area (Å²) in [5.74, 6) is 1.44. The smallest absolute Gasteiger partial charge is 0.174 e. The van der Waals surface area contributed by atoms with E-state index in [1.165, 1.54) is 11.1 Å². The summed E-state index contributed by atoms with van der Waals surface area (Å²) >= 11 is 5.93.